The molecule has 0 aliphatic rings. The lowest BCUT2D eigenvalue weighted by Crippen LogP contribution is -1.97. The number of hydrogen-bond acceptors (Lipinski definition) is 2. The first-order valence-corrected chi connectivity index (χ1v) is 9.73. The summed E-state index contributed by atoms with van der Waals surface area (Å²) in [5.74, 6) is 0.834. The first-order chi connectivity index (χ1) is 11.2. The van der Waals surface area contributed by atoms with E-state index < -0.39 is 0 Å². The van der Waals surface area contributed by atoms with E-state index in [-0.39, 0.29) is 5.75 Å². The van der Waals surface area contributed by atoms with Crippen LogP contribution in [0.15, 0.2) is 18.2 Å². The van der Waals surface area contributed by atoms with Crippen LogP contribution in [-0.4, -0.2) is 11.7 Å². The van der Waals surface area contributed by atoms with Crippen molar-refractivity contribution < 1.29 is 9.84 Å². The van der Waals surface area contributed by atoms with Crippen molar-refractivity contribution in [3.8, 4) is 11.5 Å². The lowest BCUT2D eigenvalue weighted by Gasteiger charge is -2.07. The average Bonchev–Trinajstić information content (AvgIpc) is 2.55. The second-order valence-corrected chi connectivity index (χ2v) is 6.76. The van der Waals surface area contributed by atoms with Crippen LogP contribution in [-0.2, 0) is 0 Å². The number of unbranched alkanes of at least 4 members (excludes halogenated alkanes) is 11. The average molecular weight is 341 g/mol. The molecule has 0 aromatic heterocycles. The molecule has 0 saturated heterocycles. The number of halogens is 1. The summed E-state index contributed by atoms with van der Waals surface area (Å²) in [6.45, 7) is 2.99. The molecule has 0 atom stereocenters. The van der Waals surface area contributed by atoms with Crippen LogP contribution in [0, 0.1) is 0 Å². The van der Waals surface area contributed by atoms with Crippen LogP contribution < -0.4 is 4.74 Å². The molecule has 0 radical (unpaired) electrons. The van der Waals surface area contributed by atoms with Gasteiger partial charge < -0.3 is 9.84 Å². The first kappa shape index (κ1) is 20.2. The van der Waals surface area contributed by atoms with Gasteiger partial charge in [-0.1, -0.05) is 89.2 Å². The zero-order valence-electron chi connectivity index (χ0n) is 14.7. The summed E-state index contributed by atoms with van der Waals surface area (Å²) in [6.07, 6.45) is 16.1. The third kappa shape index (κ3) is 10.5. The molecule has 0 fully saturated rings. The Balaban J connectivity index is 1.85. The van der Waals surface area contributed by atoms with Gasteiger partial charge in [-0.05, 0) is 18.6 Å². The Morgan fingerprint density at radius 2 is 1.35 bits per heavy atom. The molecule has 1 N–H and O–H groups in total. The fourth-order valence-electron chi connectivity index (χ4n) is 2.71. The zero-order chi connectivity index (χ0) is 16.8. The second-order valence-electron chi connectivity index (χ2n) is 6.35. The molecule has 0 heterocycles. The molecular weight excluding hydrogens is 308 g/mol. The maximum absolute atomic E-state index is 9.34. The summed E-state index contributed by atoms with van der Waals surface area (Å²) >= 11 is 5.84. The van der Waals surface area contributed by atoms with E-state index in [0.717, 1.165) is 18.8 Å². The smallest absolute Gasteiger partial charge is 0.134 e. The van der Waals surface area contributed by atoms with E-state index >= 15 is 0 Å². The van der Waals surface area contributed by atoms with E-state index in [0.29, 0.717) is 5.02 Å². The van der Waals surface area contributed by atoms with Crippen molar-refractivity contribution in [2.24, 2.45) is 0 Å². The Morgan fingerprint density at radius 1 is 0.826 bits per heavy atom. The summed E-state index contributed by atoms with van der Waals surface area (Å²) in [5, 5.41) is 9.68. The van der Waals surface area contributed by atoms with Gasteiger partial charge in [0.05, 0.1) is 11.6 Å². The summed E-state index contributed by atoms with van der Waals surface area (Å²) in [5.41, 5.74) is 0. The van der Waals surface area contributed by atoms with Crippen molar-refractivity contribution >= 4 is 11.6 Å². The Labute approximate surface area is 147 Å². The quantitative estimate of drug-likeness (QED) is 0.365. The van der Waals surface area contributed by atoms with Gasteiger partial charge in [-0.15, -0.1) is 0 Å². The molecule has 0 spiro atoms. The van der Waals surface area contributed by atoms with Crippen LogP contribution in [0.25, 0.3) is 0 Å². The fraction of sp³-hybridized carbons (Fsp3) is 0.700. The summed E-state index contributed by atoms with van der Waals surface area (Å²) in [6, 6.07) is 4.99. The number of aromatic hydroxyl groups is 1. The maximum atomic E-state index is 9.34. The standard InChI is InChI=1S/C20H33ClO2/c1-2-3-4-5-6-7-8-9-10-11-12-13-16-23-18-14-15-20(22)19(21)17-18/h14-15,17,22H,2-13,16H2,1H3. The van der Waals surface area contributed by atoms with Gasteiger partial charge in [0.1, 0.15) is 11.5 Å². The molecule has 0 saturated carbocycles. The molecule has 2 nitrogen and oxygen atoms in total. The molecule has 0 amide bonds. The van der Waals surface area contributed by atoms with Gasteiger partial charge in [-0.25, -0.2) is 0 Å². The van der Waals surface area contributed by atoms with Gasteiger partial charge in [0.25, 0.3) is 0 Å². The van der Waals surface area contributed by atoms with Crippen LogP contribution in [0.1, 0.15) is 84.0 Å². The minimum Gasteiger partial charge on any atom is -0.506 e. The van der Waals surface area contributed by atoms with Crippen LogP contribution >= 0.6 is 11.6 Å². The molecular formula is C20H33ClO2. The monoisotopic (exact) mass is 340 g/mol. The molecule has 1 aromatic rings. The maximum Gasteiger partial charge on any atom is 0.134 e. The molecule has 132 valence electrons. The number of ether oxygens (including phenoxy) is 1. The predicted octanol–water partition coefficient (Wildman–Crippen LogP) is 7.13. The predicted molar refractivity (Wildman–Crippen MR) is 99.7 cm³/mol. The lowest BCUT2D eigenvalue weighted by molar-refractivity contribution is 0.304. The zero-order valence-corrected chi connectivity index (χ0v) is 15.4. The van der Waals surface area contributed by atoms with Gasteiger partial charge in [0.15, 0.2) is 0 Å². The highest BCUT2D eigenvalue weighted by molar-refractivity contribution is 6.32. The Morgan fingerprint density at radius 3 is 1.87 bits per heavy atom. The van der Waals surface area contributed by atoms with Gasteiger partial charge in [-0.3, -0.25) is 0 Å². The van der Waals surface area contributed by atoms with Crippen molar-refractivity contribution in [1.29, 1.82) is 0 Å². The van der Waals surface area contributed by atoms with Crippen molar-refractivity contribution in [2.75, 3.05) is 6.61 Å². The van der Waals surface area contributed by atoms with Crippen LogP contribution in [0.3, 0.4) is 0 Å². The SMILES string of the molecule is CCCCCCCCCCCCCCOc1ccc(O)c(Cl)c1. The molecule has 1 rings (SSSR count). The molecule has 0 unspecified atom stereocenters. The van der Waals surface area contributed by atoms with E-state index in [4.69, 9.17) is 16.3 Å². The van der Waals surface area contributed by atoms with Crippen molar-refractivity contribution in [2.45, 2.75) is 84.0 Å². The Kier molecular flexibility index (Phi) is 11.9. The van der Waals surface area contributed by atoms with Crippen molar-refractivity contribution in [3.63, 3.8) is 0 Å². The Bertz CT molecular complexity index is 407. The van der Waals surface area contributed by atoms with E-state index in [1.807, 2.05) is 0 Å². The minimum atomic E-state index is 0.101. The number of benzene rings is 1. The normalized spacial score (nSPS) is 10.9. The van der Waals surface area contributed by atoms with Gasteiger partial charge in [-0.2, -0.15) is 0 Å². The second kappa shape index (κ2) is 13.5. The Hall–Kier alpha value is -0.890. The highest BCUT2D eigenvalue weighted by Crippen LogP contribution is 2.27. The van der Waals surface area contributed by atoms with E-state index in [1.165, 1.54) is 70.6 Å². The number of hydrogen-bond donors (Lipinski definition) is 1. The summed E-state index contributed by atoms with van der Waals surface area (Å²) < 4.78 is 5.64. The van der Waals surface area contributed by atoms with Crippen molar-refractivity contribution in [1.82, 2.24) is 0 Å². The third-order valence-corrected chi connectivity index (χ3v) is 4.49. The van der Waals surface area contributed by atoms with Gasteiger partial charge in [0, 0.05) is 6.07 Å². The summed E-state index contributed by atoms with van der Waals surface area (Å²) in [7, 11) is 0. The van der Waals surface area contributed by atoms with Crippen LogP contribution in [0.4, 0.5) is 0 Å². The number of phenols is 1. The fourth-order valence-corrected chi connectivity index (χ4v) is 2.88. The van der Waals surface area contributed by atoms with E-state index in [1.54, 1.807) is 18.2 Å². The molecule has 1 aromatic carbocycles. The number of phenolic OH excluding ortho intramolecular Hbond substituents is 1. The number of rotatable bonds is 14. The van der Waals surface area contributed by atoms with Crippen LogP contribution in [0.5, 0.6) is 11.5 Å². The lowest BCUT2D eigenvalue weighted by atomic mass is 10.1. The molecule has 3 heteroatoms. The largest absolute Gasteiger partial charge is 0.506 e. The molecule has 23 heavy (non-hydrogen) atoms. The molecule has 0 aliphatic heterocycles. The minimum absolute atomic E-state index is 0.101. The van der Waals surface area contributed by atoms with E-state index in [9.17, 15) is 5.11 Å². The highest BCUT2D eigenvalue weighted by atomic mass is 35.5. The van der Waals surface area contributed by atoms with Crippen molar-refractivity contribution in [3.05, 3.63) is 23.2 Å². The molecule has 0 aliphatic carbocycles. The first-order valence-electron chi connectivity index (χ1n) is 9.35. The summed E-state index contributed by atoms with van der Waals surface area (Å²) in [4.78, 5) is 0. The molecule has 0 bridgehead atoms. The topological polar surface area (TPSA) is 29.5 Å². The van der Waals surface area contributed by atoms with Gasteiger partial charge >= 0.3 is 0 Å². The highest BCUT2D eigenvalue weighted by Gasteiger charge is 2.00. The third-order valence-electron chi connectivity index (χ3n) is 4.19. The van der Waals surface area contributed by atoms with E-state index in [2.05, 4.69) is 6.92 Å². The van der Waals surface area contributed by atoms with Gasteiger partial charge in [0.2, 0.25) is 0 Å². The van der Waals surface area contributed by atoms with Crippen LogP contribution in [0.2, 0.25) is 5.02 Å².